The highest BCUT2D eigenvalue weighted by atomic mass is 79.9. The molecule has 0 radical (unpaired) electrons. The maximum Gasteiger partial charge on any atom is 0.133 e. The van der Waals surface area contributed by atoms with E-state index in [9.17, 15) is 0 Å². The summed E-state index contributed by atoms with van der Waals surface area (Å²) < 4.78 is 7.67. The Bertz CT molecular complexity index is 991. The summed E-state index contributed by atoms with van der Waals surface area (Å²) in [4.78, 5) is 4.32. The van der Waals surface area contributed by atoms with Gasteiger partial charge in [-0.3, -0.25) is 0 Å². The fourth-order valence-electron chi connectivity index (χ4n) is 3.59. The molecule has 0 fully saturated rings. The van der Waals surface area contributed by atoms with Gasteiger partial charge in [0.1, 0.15) is 16.7 Å². The first-order chi connectivity index (χ1) is 11.0. The normalized spacial score (nSPS) is 15.1. The summed E-state index contributed by atoms with van der Waals surface area (Å²) in [7, 11) is 1.70. The van der Waals surface area contributed by atoms with Gasteiger partial charge in [-0.25, -0.2) is 0 Å². The molecule has 0 atom stereocenters. The fourth-order valence-corrected chi connectivity index (χ4v) is 5.11. The van der Waals surface area contributed by atoms with Crippen LogP contribution in [0.3, 0.4) is 0 Å². The van der Waals surface area contributed by atoms with Crippen molar-refractivity contribution in [1.82, 2.24) is 4.98 Å². The largest absolute Gasteiger partial charge is 0.496 e. The Balaban J connectivity index is 1.98. The number of H-pyrrole nitrogens is 1. The molecule has 1 aromatic carbocycles. The van der Waals surface area contributed by atoms with Crippen molar-refractivity contribution in [2.24, 2.45) is 0 Å². The lowest BCUT2D eigenvalue weighted by atomic mass is 9.72. The number of nitriles is 1. The molecule has 116 valence electrons. The Labute approximate surface area is 147 Å². The lowest BCUT2D eigenvalue weighted by molar-refractivity contribution is 0.409. The van der Waals surface area contributed by atoms with E-state index in [2.05, 4.69) is 53.0 Å². The quantitative estimate of drug-likeness (QED) is 0.631. The second-order valence-corrected chi connectivity index (χ2v) is 8.30. The van der Waals surface area contributed by atoms with Crippen molar-refractivity contribution in [3.63, 3.8) is 0 Å². The molecular weight excluding hydrogens is 372 g/mol. The van der Waals surface area contributed by atoms with E-state index < -0.39 is 0 Å². The van der Waals surface area contributed by atoms with E-state index in [1.165, 1.54) is 27.1 Å². The Hall–Kier alpha value is -1.77. The third-order valence-electron chi connectivity index (χ3n) is 4.72. The third kappa shape index (κ3) is 1.98. The maximum absolute atomic E-state index is 9.14. The average Bonchev–Trinajstić information content (AvgIpc) is 3.06. The molecule has 23 heavy (non-hydrogen) atoms. The lowest BCUT2D eigenvalue weighted by Gasteiger charge is -2.33. The highest BCUT2D eigenvalue weighted by Crippen LogP contribution is 2.47. The zero-order chi connectivity index (χ0) is 16.4. The number of methoxy groups -OCH3 is 1. The molecule has 2 aromatic heterocycles. The van der Waals surface area contributed by atoms with Crippen molar-refractivity contribution in [2.75, 3.05) is 7.11 Å². The van der Waals surface area contributed by atoms with E-state index >= 15 is 0 Å². The molecule has 4 rings (SSSR count). The lowest BCUT2D eigenvalue weighted by Crippen LogP contribution is -2.27. The Morgan fingerprint density at radius 1 is 1.35 bits per heavy atom. The van der Waals surface area contributed by atoms with Gasteiger partial charge in [0.25, 0.3) is 0 Å². The number of hydrogen-bond acceptors (Lipinski definition) is 3. The van der Waals surface area contributed by atoms with Gasteiger partial charge in [0.15, 0.2) is 0 Å². The predicted molar refractivity (Wildman–Crippen MR) is 96.5 cm³/mol. The fraction of sp³-hybridized carbons (Fsp3) is 0.278. The molecule has 1 aliphatic rings. The zero-order valence-corrected chi connectivity index (χ0v) is 15.5. The molecule has 2 heterocycles. The molecule has 3 nitrogen and oxygen atoms in total. The van der Waals surface area contributed by atoms with E-state index in [1.54, 1.807) is 18.4 Å². The molecular formula is C18H15BrN2OS. The molecule has 3 aromatic rings. The van der Waals surface area contributed by atoms with Gasteiger partial charge in [-0.1, -0.05) is 13.8 Å². The van der Waals surface area contributed by atoms with Crippen LogP contribution in [0.5, 0.6) is 5.75 Å². The number of nitrogens with zero attached hydrogens (tertiary/aromatic N) is 1. The van der Waals surface area contributed by atoms with E-state index in [0.717, 1.165) is 27.0 Å². The Morgan fingerprint density at radius 3 is 2.83 bits per heavy atom. The number of thiophene rings is 1. The number of benzene rings is 1. The summed E-state index contributed by atoms with van der Waals surface area (Å²) in [6.07, 6.45) is 0.877. The van der Waals surface area contributed by atoms with E-state index in [0.29, 0.717) is 0 Å². The average molecular weight is 387 g/mol. The van der Waals surface area contributed by atoms with E-state index in [1.807, 2.05) is 6.07 Å². The number of halogens is 1. The number of hydrogen-bond donors (Lipinski definition) is 1. The number of aromatic nitrogens is 1. The number of ether oxygens (including phenoxy) is 1. The second kappa shape index (κ2) is 4.86. The summed E-state index contributed by atoms with van der Waals surface area (Å²) in [6, 6.07) is 8.50. The van der Waals surface area contributed by atoms with E-state index in [4.69, 9.17) is 10.00 Å². The molecule has 0 bridgehead atoms. The molecule has 0 aliphatic heterocycles. The molecule has 0 spiro atoms. The highest BCUT2D eigenvalue weighted by Gasteiger charge is 2.36. The van der Waals surface area contributed by atoms with Gasteiger partial charge in [-0.05, 0) is 50.8 Å². The summed E-state index contributed by atoms with van der Waals surface area (Å²) in [5.41, 5.74) is 6.12. The minimum Gasteiger partial charge on any atom is -0.496 e. The van der Waals surface area contributed by atoms with Gasteiger partial charge in [0.05, 0.1) is 21.8 Å². The summed E-state index contributed by atoms with van der Waals surface area (Å²) in [6.45, 7) is 4.48. The van der Waals surface area contributed by atoms with Crippen LogP contribution < -0.4 is 4.74 Å². The van der Waals surface area contributed by atoms with Crippen molar-refractivity contribution >= 4 is 37.5 Å². The van der Waals surface area contributed by atoms with Crippen molar-refractivity contribution in [3.8, 4) is 11.8 Å². The molecule has 0 unspecified atom stereocenters. The van der Waals surface area contributed by atoms with Gasteiger partial charge in [-0.15, -0.1) is 11.3 Å². The van der Waals surface area contributed by atoms with Gasteiger partial charge in [0.2, 0.25) is 0 Å². The summed E-state index contributed by atoms with van der Waals surface area (Å²) >= 11 is 5.17. The minimum atomic E-state index is -0.123. The van der Waals surface area contributed by atoms with Crippen LogP contribution in [0.15, 0.2) is 22.7 Å². The number of nitrogens with one attached hydrogen (secondary N) is 1. The summed E-state index contributed by atoms with van der Waals surface area (Å²) in [5, 5.41) is 9.14. The molecule has 0 saturated heterocycles. The van der Waals surface area contributed by atoms with Gasteiger partial charge in [-0.2, -0.15) is 5.26 Å². The second-order valence-electron chi connectivity index (χ2n) is 6.39. The zero-order valence-electron chi connectivity index (χ0n) is 13.1. The van der Waals surface area contributed by atoms with E-state index in [-0.39, 0.29) is 5.41 Å². The predicted octanol–water partition coefficient (Wildman–Crippen LogP) is 5.10. The standard InChI is InChI=1S/C18H15BrN2OS/c1-18(2)12-7-15(22-3)13(19)5-9(12)4-11-16-14(21-17(11)18)6-10(8-20)23-16/h5-7,21H,4H2,1-3H3. The van der Waals surface area contributed by atoms with Crippen LogP contribution in [0.25, 0.3) is 10.2 Å². The number of rotatable bonds is 1. The first-order valence-electron chi connectivity index (χ1n) is 7.37. The van der Waals surface area contributed by atoms with Crippen molar-refractivity contribution < 1.29 is 4.74 Å². The van der Waals surface area contributed by atoms with Gasteiger partial charge >= 0.3 is 0 Å². The summed E-state index contributed by atoms with van der Waals surface area (Å²) in [5.74, 6) is 0.861. The smallest absolute Gasteiger partial charge is 0.133 e. The molecule has 0 saturated carbocycles. The van der Waals surface area contributed by atoms with Crippen LogP contribution in [0.1, 0.15) is 41.1 Å². The van der Waals surface area contributed by atoms with Crippen LogP contribution in [0.2, 0.25) is 0 Å². The highest BCUT2D eigenvalue weighted by molar-refractivity contribution is 9.10. The molecule has 1 aliphatic carbocycles. The first-order valence-corrected chi connectivity index (χ1v) is 8.98. The van der Waals surface area contributed by atoms with Crippen LogP contribution in [0.4, 0.5) is 0 Å². The Kier molecular flexibility index (Phi) is 3.13. The SMILES string of the molecule is COc1cc2c(cc1Br)Cc1c([nH]c3cc(C#N)sc13)C2(C)C. The third-order valence-corrected chi connectivity index (χ3v) is 6.44. The number of aromatic amines is 1. The van der Waals surface area contributed by atoms with Crippen LogP contribution in [-0.4, -0.2) is 12.1 Å². The topological polar surface area (TPSA) is 48.8 Å². The molecule has 1 N–H and O–H groups in total. The number of fused-ring (bicyclic) bond motifs is 4. The van der Waals surface area contributed by atoms with Crippen molar-refractivity contribution in [3.05, 3.63) is 49.9 Å². The van der Waals surface area contributed by atoms with Crippen molar-refractivity contribution in [2.45, 2.75) is 25.7 Å². The van der Waals surface area contributed by atoms with Crippen LogP contribution in [-0.2, 0) is 11.8 Å². The van der Waals surface area contributed by atoms with Gasteiger partial charge < -0.3 is 9.72 Å². The molecule has 0 amide bonds. The Morgan fingerprint density at radius 2 is 2.13 bits per heavy atom. The van der Waals surface area contributed by atoms with Crippen LogP contribution >= 0.6 is 27.3 Å². The minimum absolute atomic E-state index is 0.123. The van der Waals surface area contributed by atoms with Crippen molar-refractivity contribution in [1.29, 1.82) is 5.26 Å². The molecule has 5 heteroatoms. The first kappa shape index (κ1) is 14.8. The maximum atomic E-state index is 9.14. The van der Waals surface area contributed by atoms with Crippen LogP contribution in [0, 0.1) is 11.3 Å². The van der Waals surface area contributed by atoms with Gasteiger partial charge in [0, 0.05) is 17.5 Å². The monoisotopic (exact) mass is 386 g/mol.